The average Bonchev–Trinajstić information content (AvgIpc) is 3.69. The Labute approximate surface area is 212 Å². The van der Waals surface area contributed by atoms with Crippen molar-refractivity contribution in [1.29, 1.82) is 0 Å². The molecule has 0 aromatic rings. The lowest BCUT2D eigenvalue weighted by atomic mass is 9.58. The molecule has 0 heterocycles. The molecule has 0 heteroatoms. The summed E-state index contributed by atoms with van der Waals surface area (Å²) in [7, 11) is 0. The Morgan fingerprint density at radius 3 is 2.15 bits per heavy atom. The molecular weight excluding hydrogens is 408 g/mol. The van der Waals surface area contributed by atoms with E-state index in [9.17, 15) is 0 Å². The number of hydrogen-bond donors (Lipinski definition) is 0. The molecule has 0 aliphatic heterocycles. The van der Waals surface area contributed by atoms with E-state index in [4.69, 9.17) is 0 Å². The molecule has 0 N–H and O–H groups in total. The van der Waals surface area contributed by atoms with Gasteiger partial charge in [0, 0.05) is 5.92 Å². The molecule has 5 aliphatic rings. The molecule has 34 heavy (non-hydrogen) atoms. The molecule has 4 unspecified atom stereocenters. The van der Waals surface area contributed by atoms with E-state index in [1.165, 1.54) is 77.0 Å². The van der Waals surface area contributed by atoms with Crippen LogP contribution in [0.5, 0.6) is 0 Å². The van der Waals surface area contributed by atoms with Crippen molar-refractivity contribution >= 4 is 0 Å². The first-order chi connectivity index (χ1) is 16.1. The summed E-state index contributed by atoms with van der Waals surface area (Å²) >= 11 is 0. The van der Waals surface area contributed by atoms with Crippen LogP contribution in [-0.4, -0.2) is 0 Å². The Balaban J connectivity index is 1.45. The van der Waals surface area contributed by atoms with Crippen LogP contribution >= 0.6 is 0 Å². The average molecular weight is 463 g/mol. The molecule has 0 aromatic carbocycles. The summed E-state index contributed by atoms with van der Waals surface area (Å²) in [6, 6.07) is 0. The molecule has 2 fully saturated rings. The molecular formula is C34H54. The topological polar surface area (TPSA) is 0 Å². The summed E-state index contributed by atoms with van der Waals surface area (Å²) in [6.07, 6.45) is 21.7. The van der Waals surface area contributed by atoms with Crippen molar-refractivity contribution in [3.8, 4) is 0 Å². The summed E-state index contributed by atoms with van der Waals surface area (Å²) < 4.78 is 0. The van der Waals surface area contributed by atoms with Gasteiger partial charge in [-0.1, -0.05) is 91.5 Å². The molecule has 5 aliphatic carbocycles. The maximum Gasteiger partial charge on any atom is 0.0117 e. The van der Waals surface area contributed by atoms with Crippen LogP contribution in [0.3, 0.4) is 0 Å². The fourth-order valence-corrected chi connectivity index (χ4v) is 9.72. The van der Waals surface area contributed by atoms with Crippen LogP contribution in [0.2, 0.25) is 0 Å². The minimum atomic E-state index is 0.446. The van der Waals surface area contributed by atoms with Crippen molar-refractivity contribution in [2.45, 2.75) is 132 Å². The Hall–Kier alpha value is -0.780. The number of allylic oxidation sites excluding steroid dienone is 6. The van der Waals surface area contributed by atoms with Crippen molar-refractivity contribution < 1.29 is 0 Å². The highest BCUT2D eigenvalue weighted by Gasteiger charge is 2.63. The van der Waals surface area contributed by atoms with E-state index < -0.39 is 0 Å². The van der Waals surface area contributed by atoms with Crippen LogP contribution in [-0.2, 0) is 0 Å². The van der Waals surface area contributed by atoms with E-state index in [0.717, 1.165) is 23.7 Å². The molecule has 0 spiro atoms. The zero-order chi connectivity index (χ0) is 24.5. The lowest BCUT2D eigenvalue weighted by Gasteiger charge is -2.46. The largest absolute Gasteiger partial charge is 0.0876 e. The molecule has 0 amide bonds. The van der Waals surface area contributed by atoms with Crippen molar-refractivity contribution in [2.24, 2.45) is 45.3 Å². The zero-order valence-corrected chi connectivity index (χ0v) is 23.9. The van der Waals surface area contributed by atoms with Crippen LogP contribution in [0.1, 0.15) is 132 Å². The summed E-state index contributed by atoms with van der Waals surface area (Å²) in [5.74, 6) is 3.63. The fourth-order valence-electron chi connectivity index (χ4n) is 9.72. The number of hydrogen-bond acceptors (Lipinski definition) is 0. The highest BCUT2D eigenvalue weighted by molar-refractivity contribution is 5.69. The van der Waals surface area contributed by atoms with E-state index in [1.807, 2.05) is 22.3 Å². The zero-order valence-electron chi connectivity index (χ0n) is 23.9. The molecule has 0 bridgehead atoms. The third-order valence-electron chi connectivity index (χ3n) is 11.7. The maximum atomic E-state index is 2.58. The van der Waals surface area contributed by atoms with Crippen LogP contribution in [0.25, 0.3) is 0 Å². The van der Waals surface area contributed by atoms with Crippen LogP contribution in [0.4, 0.5) is 0 Å². The lowest BCUT2D eigenvalue weighted by Crippen LogP contribution is -2.37. The summed E-state index contributed by atoms with van der Waals surface area (Å²) in [6.45, 7) is 20.0. The Morgan fingerprint density at radius 2 is 1.59 bits per heavy atom. The highest BCUT2D eigenvalue weighted by atomic mass is 14.7. The third kappa shape index (κ3) is 4.02. The standard InChI is InChI=1S/C34H54/c1-9-23-19-28(23)34(11-3,12-4)27-16-14-13-15-24(27)29-25-20-26(25)30(29)33(17-18-33)22-32(7,8)21-31(5,6)10-2/h13-14,23,27-28,30H,9-12,15-22H2,1-8H3/b29-24+. The maximum absolute atomic E-state index is 2.58. The highest BCUT2D eigenvalue weighted by Crippen LogP contribution is 2.75. The molecule has 5 rings (SSSR count). The normalized spacial score (nSPS) is 34.1. The minimum absolute atomic E-state index is 0.446. The van der Waals surface area contributed by atoms with Gasteiger partial charge in [0.05, 0.1) is 0 Å². The van der Waals surface area contributed by atoms with Crippen molar-refractivity contribution in [1.82, 2.24) is 0 Å². The van der Waals surface area contributed by atoms with E-state index in [2.05, 4.69) is 67.5 Å². The molecule has 190 valence electrons. The molecule has 0 aromatic heterocycles. The summed E-state index contributed by atoms with van der Waals surface area (Å²) in [5, 5.41) is 0. The van der Waals surface area contributed by atoms with Crippen molar-refractivity contribution in [3.05, 3.63) is 34.4 Å². The smallest absolute Gasteiger partial charge is 0.0117 e. The lowest BCUT2D eigenvalue weighted by molar-refractivity contribution is 0.117. The van der Waals surface area contributed by atoms with Gasteiger partial charge < -0.3 is 0 Å². The van der Waals surface area contributed by atoms with Crippen molar-refractivity contribution in [3.63, 3.8) is 0 Å². The second-order valence-electron chi connectivity index (χ2n) is 14.9. The summed E-state index contributed by atoms with van der Waals surface area (Å²) in [5.41, 5.74) is 9.64. The summed E-state index contributed by atoms with van der Waals surface area (Å²) in [4.78, 5) is 0. The van der Waals surface area contributed by atoms with Gasteiger partial charge in [0.1, 0.15) is 0 Å². The predicted molar refractivity (Wildman–Crippen MR) is 148 cm³/mol. The van der Waals surface area contributed by atoms with E-state index in [-0.39, 0.29) is 0 Å². The van der Waals surface area contributed by atoms with Gasteiger partial charge in [0.25, 0.3) is 0 Å². The first-order valence-corrected chi connectivity index (χ1v) is 15.2. The van der Waals surface area contributed by atoms with Gasteiger partial charge in [-0.2, -0.15) is 0 Å². The Bertz CT molecular complexity index is 894. The molecule has 0 saturated heterocycles. The van der Waals surface area contributed by atoms with E-state index >= 15 is 0 Å². The first-order valence-electron chi connectivity index (χ1n) is 15.2. The van der Waals surface area contributed by atoms with Gasteiger partial charge in [0.15, 0.2) is 0 Å². The Kier molecular flexibility index (Phi) is 6.14. The van der Waals surface area contributed by atoms with E-state index in [0.29, 0.717) is 21.7 Å². The van der Waals surface area contributed by atoms with Gasteiger partial charge in [0.2, 0.25) is 0 Å². The minimum Gasteiger partial charge on any atom is -0.0876 e. The van der Waals surface area contributed by atoms with Gasteiger partial charge >= 0.3 is 0 Å². The van der Waals surface area contributed by atoms with Crippen LogP contribution in [0.15, 0.2) is 34.4 Å². The SMILES string of the molecule is CCC1CC1C(CC)(CC)C1CC=CC/C1=C1/C2=C(C2)C1C1(CC(C)(C)CC(C)(C)CC)CC1. The predicted octanol–water partition coefficient (Wildman–Crippen LogP) is 10.5. The molecule has 0 radical (unpaired) electrons. The van der Waals surface area contributed by atoms with Gasteiger partial charge in [-0.15, -0.1) is 0 Å². The molecule has 2 saturated carbocycles. The van der Waals surface area contributed by atoms with Gasteiger partial charge in [-0.25, -0.2) is 0 Å². The first kappa shape index (κ1) is 24.9. The van der Waals surface area contributed by atoms with E-state index in [1.54, 1.807) is 0 Å². The fraction of sp³-hybridized carbons (Fsp3) is 0.824. The third-order valence-corrected chi connectivity index (χ3v) is 11.7. The second kappa shape index (κ2) is 8.38. The van der Waals surface area contributed by atoms with Crippen molar-refractivity contribution in [2.75, 3.05) is 0 Å². The van der Waals surface area contributed by atoms with Gasteiger partial charge in [-0.05, 0) is 115 Å². The van der Waals surface area contributed by atoms with Crippen LogP contribution < -0.4 is 0 Å². The van der Waals surface area contributed by atoms with Gasteiger partial charge in [-0.3, -0.25) is 0 Å². The molecule has 0 nitrogen and oxygen atoms in total. The Morgan fingerprint density at radius 1 is 0.882 bits per heavy atom. The van der Waals surface area contributed by atoms with Crippen LogP contribution in [0, 0.1) is 45.3 Å². The monoisotopic (exact) mass is 462 g/mol. The quantitative estimate of drug-likeness (QED) is 0.268. The number of rotatable bonds is 11. The second-order valence-corrected chi connectivity index (χ2v) is 14.9. The molecule has 4 atom stereocenters.